The Hall–Kier alpha value is -3.62. The molecule has 4 N–H and O–H groups in total. The zero-order chi connectivity index (χ0) is 25.8. The number of H-pyrrole nitrogens is 1. The summed E-state index contributed by atoms with van der Waals surface area (Å²) in [5.41, 5.74) is 5.47. The number of benzene rings is 1. The van der Waals surface area contributed by atoms with Gasteiger partial charge in [0.25, 0.3) is 5.91 Å². The number of hydrogen-bond donors (Lipinski definition) is 4. The lowest BCUT2D eigenvalue weighted by Crippen LogP contribution is -2.20. The molecule has 8 heteroatoms. The van der Waals surface area contributed by atoms with Crippen molar-refractivity contribution in [3.8, 4) is 0 Å². The van der Waals surface area contributed by atoms with Gasteiger partial charge >= 0.3 is 0 Å². The third-order valence-corrected chi connectivity index (χ3v) is 5.80. The van der Waals surface area contributed by atoms with Crippen molar-refractivity contribution in [1.29, 1.82) is 0 Å². The van der Waals surface area contributed by atoms with E-state index in [2.05, 4.69) is 37.2 Å². The Bertz CT molecular complexity index is 1150. The molecule has 1 aromatic carbocycles. The maximum Gasteiger partial charge on any atom is 0.257 e. The Labute approximate surface area is 212 Å². The van der Waals surface area contributed by atoms with E-state index in [1.54, 1.807) is 24.7 Å². The molecule has 7 nitrogen and oxygen atoms in total. The number of rotatable bonds is 4. The monoisotopic (exact) mass is 490 g/mol. The molecule has 2 aliphatic heterocycles. The van der Waals surface area contributed by atoms with Gasteiger partial charge in [-0.3, -0.25) is 14.9 Å². The summed E-state index contributed by atoms with van der Waals surface area (Å²) in [5, 5.41) is 15.5. The Morgan fingerprint density at radius 1 is 1.03 bits per heavy atom. The number of hydrogen-bond acceptors (Lipinski definition) is 5. The number of carbonyl (C=O) groups is 1. The van der Waals surface area contributed by atoms with Gasteiger partial charge in [0.1, 0.15) is 5.82 Å². The lowest BCUT2D eigenvalue weighted by atomic mass is 9.97. The molecule has 190 valence electrons. The molecule has 1 amide bonds. The van der Waals surface area contributed by atoms with E-state index in [0.717, 1.165) is 55.9 Å². The van der Waals surface area contributed by atoms with Crippen molar-refractivity contribution >= 4 is 22.7 Å². The largest absolute Gasteiger partial charge is 0.322 e. The van der Waals surface area contributed by atoms with Gasteiger partial charge in [-0.05, 0) is 79.9 Å². The zero-order valence-electron chi connectivity index (χ0n) is 21.2. The molecule has 2 aromatic heterocycles. The van der Waals surface area contributed by atoms with Crippen molar-refractivity contribution < 1.29 is 9.18 Å². The summed E-state index contributed by atoms with van der Waals surface area (Å²) >= 11 is 0. The van der Waals surface area contributed by atoms with Crippen molar-refractivity contribution in [3.05, 3.63) is 89.3 Å². The van der Waals surface area contributed by atoms with Crippen LogP contribution >= 0.6 is 0 Å². The SMILES string of the molecule is CC.Cc1cc(C2=CCNCC2)c(F)cc1NC(=O)c1ccc(C2=CCNCC2)nc1.c1cn[nH]c1. The minimum atomic E-state index is -0.314. The highest BCUT2D eigenvalue weighted by molar-refractivity contribution is 6.04. The molecule has 36 heavy (non-hydrogen) atoms. The summed E-state index contributed by atoms with van der Waals surface area (Å²) in [5.74, 6) is -0.606. The lowest BCUT2D eigenvalue weighted by Gasteiger charge is -2.17. The van der Waals surface area contributed by atoms with Crippen LogP contribution in [0.3, 0.4) is 0 Å². The van der Waals surface area contributed by atoms with Gasteiger partial charge in [-0.1, -0.05) is 26.0 Å². The van der Waals surface area contributed by atoms with Gasteiger partial charge in [-0.25, -0.2) is 4.39 Å². The second kappa shape index (κ2) is 14.1. The third-order valence-electron chi connectivity index (χ3n) is 5.80. The Morgan fingerprint density at radius 3 is 2.28 bits per heavy atom. The predicted octanol–water partition coefficient (Wildman–Crippen LogP) is 4.97. The average Bonchev–Trinajstić information content (AvgIpc) is 3.53. The number of halogens is 1. The molecular formula is C28H35FN6O. The number of pyridine rings is 1. The number of carbonyl (C=O) groups excluding carboxylic acids is 1. The van der Waals surface area contributed by atoms with E-state index in [1.807, 2.05) is 45.0 Å². The van der Waals surface area contributed by atoms with Crippen LogP contribution < -0.4 is 16.0 Å². The van der Waals surface area contributed by atoms with Gasteiger partial charge in [0, 0.05) is 42.9 Å². The third kappa shape index (κ3) is 7.44. The molecule has 0 radical (unpaired) electrons. The maximum atomic E-state index is 14.7. The van der Waals surface area contributed by atoms with Crippen LogP contribution in [0, 0.1) is 12.7 Å². The van der Waals surface area contributed by atoms with Crippen LogP contribution in [0.4, 0.5) is 10.1 Å². The molecule has 0 saturated heterocycles. The summed E-state index contributed by atoms with van der Waals surface area (Å²) in [6, 6.07) is 8.69. The summed E-state index contributed by atoms with van der Waals surface area (Å²) in [6.45, 7) is 9.25. The van der Waals surface area contributed by atoms with Crippen LogP contribution in [0.25, 0.3) is 11.1 Å². The predicted molar refractivity (Wildman–Crippen MR) is 144 cm³/mol. The van der Waals surface area contributed by atoms with E-state index < -0.39 is 0 Å². The van der Waals surface area contributed by atoms with Crippen LogP contribution in [0.15, 0.2) is 61.1 Å². The van der Waals surface area contributed by atoms with Crippen LogP contribution in [-0.2, 0) is 0 Å². The van der Waals surface area contributed by atoms with E-state index >= 15 is 0 Å². The summed E-state index contributed by atoms with van der Waals surface area (Å²) in [6.07, 6.45) is 10.9. The molecule has 0 unspecified atom stereocenters. The zero-order valence-corrected chi connectivity index (χ0v) is 21.2. The molecule has 5 rings (SSSR count). The average molecular weight is 491 g/mol. The first-order chi connectivity index (χ1) is 17.6. The molecular weight excluding hydrogens is 455 g/mol. The number of amides is 1. The number of nitrogens with zero attached hydrogens (tertiary/aromatic N) is 2. The molecule has 0 aliphatic carbocycles. The topological polar surface area (TPSA) is 94.7 Å². The maximum absolute atomic E-state index is 14.7. The first kappa shape index (κ1) is 27.0. The number of anilines is 1. The summed E-state index contributed by atoms with van der Waals surface area (Å²) in [7, 11) is 0. The van der Waals surface area contributed by atoms with Crippen molar-refractivity contribution in [2.24, 2.45) is 0 Å². The van der Waals surface area contributed by atoms with E-state index in [4.69, 9.17) is 0 Å². The van der Waals surface area contributed by atoms with Gasteiger partial charge in [0.2, 0.25) is 0 Å². The van der Waals surface area contributed by atoms with Crippen LogP contribution in [0.5, 0.6) is 0 Å². The highest BCUT2D eigenvalue weighted by Crippen LogP contribution is 2.28. The normalized spacial score (nSPS) is 14.8. The molecule has 4 heterocycles. The highest BCUT2D eigenvalue weighted by atomic mass is 19.1. The summed E-state index contributed by atoms with van der Waals surface area (Å²) in [4.78, 5) is 17.1. The second-order valence-corrected chi connectivity index (χ2v) is 8.17. The van der Waals surface area contributed by atoms with Gasteiger partial charge in [0.05, 0.1) is 11.3 Å². The highest BCUT2D eigenvalue weighted by Gasteiger charge is 2.16. The smallest absolute Gasteiger partial charge is 0.257 e. The minimum absolute atomic E-state index is 0.292. The molecule has 0 fully saturated rings. The molecule has 2 aliphatic rings. The Morgan fingerprint density at radius 2 is 1.75 bits per heavy atom. The van der Waals surface area contributed by atoms with Crippen LogP contribution in [0.2, 0.25) is 0 Å². The Balaban J connectivity index is 0.000000452. The van der Waals surface area contributed by atoms with Crippen molar-refractivity contribution in [1.82, 2.24) is 25.8 Å². The molecule has 0 saturated carbocycles. The van der Waals surface area contributed by atoms with Gasteiger partial charge in [-0.15, -0.1) is 0 Å². The number of nitrogens with one attached hydrogen (secondary N) is 4. The van der Waals surface area contributed by atoms with E-state index in [0.29, 0.717) is 16.8 Å². The van der Waals surface area contributed by atoms with E-state index in [-0.39, 0.29) is 11.7 Å². The van der Waals surface area contributed by atoms with Crippen molar-refractivity contribution in [2.45, 2.75) is 33.6 Å². The fourth-order valence-electron chi connectivity index (χ4n) is 3.91. The van der Waals surface area contributed by atoms with E-state index in [9.17, 15) is 9.18 Å². The fourth-order valence-corrected chi connectivity index (χ4v) is 3.91. The van der Waals surface area contributed by atoms with Gasteiger partial charge in [0.15, 0.2) is 0 Å². The number of aromatic nitrogens is 3. The lowest BCUT2D eigenvalue weighted by molar-refractivity contribution is 0.102. The Kier molecular flexibility index (Phi) is 10.5. The molecule has 0 atom stereocenters. The first-order valence-electron chi connectivity index (χ1n) is 12.4. The number of aromatic amines is 1. The molecule has 0 spiro atoms. The molecule has 0 bridgehead atoms. The van der Waals surface area contributed by atoms with Crippen molar-refractivity contribution in [2.75, 3.05) is 31.5 Å². The summed E-state index contributed by atoms with van der Waals surface area (Å²) < 4.78 is 14.7. The molecule has 3 aromatic rings. The minimum Gasteiger partial charge on any atom is -0.322 e. The van der Waals surface area contributed by atoms with Gasteiger partial charge < -0.3 is 16.0 Å². The van der Waals surface area contributed by atoms with Gasteiger partial charge in [-0.2, -0.15) is 5.10 Å². The van der Waals surface area contributed by atoms with Crippen molar-refractivity contribution in [3.63, 3.8) is 0 Å². The van der Waals surface area contributed by atoms with Crippen LogP contribution in [-0.4, -0.2) is 47.3 Å². The quantitative estimate of drug-likeness (QED) is 0.414. The second-order valence-electron chi connectivity index (χ2n) is 8.17. The van der Waals surface area contributed by atoms with Crippen LogP contribution in [0.1, 0.15) is 53.9 Å². The fraction of sp³-hybridized carbons (Fsp3) is 0.321. The number of aryl methyl sites for hydroxylation is 1. The first-order valence-corrected chi connectivity index (χ1v) is 12.4. The standard InChI is InChI=1S/C23H25FN4O.C3H4N2.C2H6/c1-15-12-19(16-4-8-25-9-5-16)20(24)13-22(15)28-23(29)18-2-3-21(27-14-18)17-6-10-26-11-7-17;1-2-4-5-3-1;1-2/h2-4,6,12-14,25-26H,5,7-11H2,1H3,(H,28,29);1-3H,(H,4,5);1-2H3. The van der Waals surface area contributed by atoms with E-state index in [1.165, 1.54) is 11.6 Å².